The van der Waals surface area contributed by atoms with Gasteiger partial charge >= 0.3 is 0 Å². The smallest absolute Gasteiger partial charge is 0.0690 e. The molecule has 106 valence electrons. The first kappa shape index (κ1) is 13.4. The fourth-order valence-electron chi connectivity index (χ4n) is 5.72. The van der Waals surface area contributed by atoms with Crippen LogP contribution in [0.5, 0.6) is 0 Å². The van der Waals surface area contributed by atoms with Gasteiger partial charge < -0.3 is 4.90 Å². The van der Waals surface area contributed by atoms with E-state index in [1.165, 1.54) is 32.1 Å². The zero-order valence-electron chi connectivity index (χ0n) is 12.7. The van der Waals surface area contributed by atoms with Gasteiger partial charge in [0, 0.05) is 0 Å². The lowest BCUT2D eigenvalue weighted by Gasteiger charge is -2.58. The van der Waals surface area contributed by atoms with Crippen LogP contribution in [0.3, 0.4) is 0 Å². The molecule has 0 N–H and O–H groups in total. The molecule has 4 bridgehead atoms. The average molecular weight is 260 g/mol. The molecule has 0 aliphatic heterocycles. The van der Waals surface area contributed by atoms with Gasteiger partial charge in [-0.1, -0.05) is 0 Å². The first-order valence-corrected chi connectivity index (χ1v) is 8.08. The van der Waals surface area contributed by atoms with Crippen LogP contribution in [0.1, 0.15) is 45.4 Å². The minimum absolute atomic E-state index is 0.0904. The molecule has 4 aliphatic carbocycles. The van der Waals surface area contributed by atoms with Gasteiger partial charge in [0.1, 0.15) is 0 Å². The Morgan fingerprint density at radius 1 is 1.05 bits per heavy atom. The number of hydrogen-bond acceptors (Lipinski definition) is 2. The minimum atomic E-state index is -0.0904. The molecule has 2 heteroatoms. The van der Waals surface area contributed by atoms with E-state index in [0.717, 1.165) is 36.6 Å². The van der Waals surface area contributed by atoms with Gasteiger partial charge in [0.15, 0.2) is 0 Å². The molecule has 1 unspecified atom stereocenters. The highest BCUT2D eigenvalue weighted by atomic mass is 15.0. The fourth-order valence-corrected chi connectivity index (χ4v) is 5.72. The third-order valence-corrected chi connectivity index (χ3v) is 6.30. The van der Waals surface area contributed by atoms with Crippen molar-refractivity contribution < 1.29 is 0 Å². The molecule has 0 aromatic heterocycles. The summed E-state index contributed by atoms with van der Waals surface area (Å²) in [6.07, 6.45) is 8.26. The van der Waals surface area contributed by atoms with E-state index in [1.807, 2.05) is 0 Å². The van der Waals surface area contributed by atoms with Crippen molar-refractivity contribution in [3.8, 4) is 6.07 Å². The van der Waals surface area contributed by atoms with Gasteiger partial charge in [-0.15, -0.1) is 0 Å². The standard InChI is InChI=1S/C17H28N2/c1-17(11-18,4-5-19(2)3)16-14-7-12-6-13(9-14)10-15(16)8-12/h12-16H,4-10H2,1-3H3. The zero-order valence-corrected chi connectivity index (χ0v) is 12.7. The molecular formula is C17H28N2. The number of nitrogens with zero attached hydrogens (tertiary/aromatic N) is 2. The highest BCUT2D eigenvalue weighted by Crippen LogP contribution is 2.61. The van der Waals surface area contributed by atoms with Crippen LogP contribution in [0.2, 0.25) is 0 Å². The summed E-state index contributed by atoms with van der Waals surface area (Å²) >= 11 is 0. The third-order valence-electron chi connectivity index (χ3n) is 6.30. The second-order valence-electron chi connectivity index (χ2n) is 8.04. The molecule has 0 saturated heterocycles. The Morgan fingerprint density at radius 2 is 1.58 bits per heavy atom. The van der Waals surface area contributed by atoms with E-state index in [1.54, 1.807) is 0 Å². The van der Waals surface area contributed by atoms with Crippen LogP contribution in [0.25, 0.3) is 0 Å². The SMILES string of the molecule is CN(C)CCC(C)(C#N)C1C2CC3CC(C2)CC1C3. The molecule has 4 rings (SSSR count). The second kappa shape index (κ2) is 4.77. The number of hydrogen-bond donors (Lipinski definition) is 0. The summed E-state index contributed by atoms with van der Waals surface area (Å²) in [6.45, 7) is 3.30. The molecule has 4 aliphatic rings. The predicted molar refractivity (Wildman–Crippen MR) is 77.4 cm³/mol. The Balaban J connectivity index is 1.78. The predicted octanol–water partition coefficient (Wildman–Crippen LogP) is 3.54. The van der Waals surface area contributed by atoms with Crippen molar-refractivity contribution in [2.75, 3.05) is 20.6 Å². The van der Waals surface area contributed by atoms with Crippen molar-refractivity contribution in [2.24, 2.45) is 35.0 Å². The van der Waals surface area contributed by atoms with Gasteiger partial charge in [-0.05, 0) is 95.7 Å². The van der Waals surface area contributed by atoms with E-state index in [9.17, 15) is 5.26 Å². The summed E-state index contributed by atoms with van der Waals surface area (Å²) in [5.74, 6) is 4.43. The molecule has 4 fully saturated rings. The van der Waals surface area contributed by atoms with E-state index in [0.29, 0.717) is 5.92 Å². The van der Waals surface area contributed by atoms with Crippen molar-refractivity contribution in [1.82, 2.24) is 4.90 Å². The van der Waals surface area contributed by atoms with Gasteiger partial charge in [0.2, 0.25) is 0 Å². The van der Waals surface area contributed by atoms with Crippen LogP contribution < -0.4 is 0 Å². The van der Waals surface area contributed by atoms with Crippen LogP contribution in [0.4, 0.5) is 0 Å². The molecule has 0 aromatic carbocycles. The van der Waals surface area contributed by atoms with Gasteiger partial charge in [0.25, 0.3) is 0 Å². The maximum Gasteiger partial charge on any atom is 0.0690 e. The maximum atomic E-state index is 9.81. The number of nitriles is 1. The summed E-state index contributed by atoms with van der Waals surface area (Å²) in [5, 5.41) is 9.81. The van der Waals surface area contributed by atoms with Crippen LogP contribution in [0.15, 0.2) is 0 Å². The van der Waals surface area contributed by atoms with E-state index < -0.39 is 0 Å². The molecule has 2 nitrogen and oxygen atoms in total. The molecule has 4 saturated carbocycles. The monoisotopic (exact) mass is 260 g/mol. The summed E-state index contributed by atoms with van der Waals surface area (Å²) in [5.41, 5.74) is -0.0904. The molecule has 0 heterocycles. The number of rotatable bonds is 4. The zero-order chi connectivity index (χ0) is 13.6. The molecule has 19 heavy (non-hydrogen) atoms. The first-order chi connectivity index (χ1) is 9.01. The van der Waals surface area contributed by atoms with E-state index >= 15 is 0 Å². The van der Waals surface area contributed by atoms with Crippen LogP contribution in [-0.4, -0.2) is 25.5 Å². The van der Waals surface area contributed by atoms with Crippen molar-refractivity contribution in [3.63, 3.8) is 0 Å². The van der Waals surface area contributed by atoms with Crippen molar-refractivity contribution >= 4 is 0 Å². The van der Waals surface area contributed by atoms with E-state index in [2.05, 4.69) is 32.0 Å². The summed E-state index contributed by atoms with van der Waals surface area (Å²) in [6, 6.07) is 2.74. The van der Waals surface area contributed by atoms with Gasteiger partial charge in [0.05, 0.1) is 11.5 Å². The molecule has 1 atom stereocenters. The molecule has 0 spiro atoms. The Hall–Kier alpha value is -0.550. The van der Waals surface area contributed by atoms with Crippen molar-refractivity contribution in [3.05, 3.63) is 0 Å². The Bertz CT molecular complexity index is 353. The summed E-state index contributed by atoms with van der Waals surface area (Å²) < 4.78 is 0. The van der Waals surface area contributed by atoms with Crippen LogP contribution >= 0.6 is 0 Å². The van der Waals surface area contributed by atoms with E-state index in [4.69, 9.17) is 0 Å². The van der Waals surface area contributed by atoms with E-state index in [-0.39, 0.29) is 5.41 Å². The maximum absolute atomic E-state index is 9.81. The highest BCUT2D eigenvalue weighted by Gasteiger charge is 2.54. The molecule has 0 radical (unpaired) electrons. The van der Waals surface area contributed by atoms with Crippen molar-refractivity contribution in [1.29, 1.82) is 5.26 Å². The van der Waals surface area contributed by atoms with Gasteiger partial charge in [-0.25, -0.2) is 0 Å². The summed E-state index contributed by atoms with van der Waals surface area (Å²) in [4.78, 5) is 2.23. The fraction of sp³-hybridized carbons (Fsp3) is 0.941. The Morgan fingerprint density at radius 3 is 2.00 bits per heavy atom. The van der Waals surface area contributed by atoms with Crippen molar-refractivity contribution in [2.45, 2.75) is 45.4 Å². The lowest BCUT2D eigenvalue weighted by Crippen LogP contribution is -2.51. The first-order valence-electron chi connectivity index (χ1n) is 8.08. The molecule has 0 amide bonds. The lowest BCUT2D eigenvalue weighted by molar-refractivity contribution is -0.0785. The summed E-state index contributed by atoms with van der Waals surface area (Å²) in [7, 11) is 4.24. The molecule has 0 aromatic rings. The third kappa shape index (κ3) is 2.31. The minimum Gasteiger partial charge on any atom is -0.309 e. The topological polar surface area (TPSA) is 27.0 Å². The Labute approximate surface area is 118 Å². The second-order valence-corrected chi connectivity index (χ2v) is 8.04. The Kier molecular flexibility index (Phi) is 3.38. The largest absolute Gasteiger partial charge is 0.309 e. The quantitative estimate of drug-likeness (QED) is 0.773. The normalized spacial score (nSPS) is 43.2. The highest BCUT2D eigenvalue weighted by molar-refractivity contribution is 5.10. The van der Waals surface area contributed by atoms with Gasteiger partial charge in [-0.2, -0.15) is 5.26 Å². The van der Waals surface area contributed by atoms with Crippen LogP contribution in [0, 0.1) is 46.3 Å². The average Bonchev–Trinajstić information content (AvgIpc) is 2.35. The van der Waals surface area contributed by atoms with Crippen LogP contribution in [-0.2, 0) is 0 Å². The molecular weight excluding hydrogens is 232 g/mol. The lowest BCUT2D eigenvalue weighted by atomic mass is 9.46. The van der Waals surface area contributed by atoms with Gasteiger partial charge in [-0.3, -0.25) is 0 Å².